The second kappa shape index (κ2) is 7.42. The van der Waals surface area contributed by atoms with E-state index in [9.17, 15) is 9.59 Å². The van der Waals surface area contributed by atoms with Gasteiger partial charge in [-0.2, -0.15) is 0 Å². The zero-order valence-electron chi connectivity index (χ0n) is 13.7. The van der Waals surface area contributed by atoms with Gasteiger partial charge < -0.3 is 24.4 Å². The molecule has 0 radical (unpaired) electrons. The third-order valence-electron chi connectivity index (χ3n) is 4.10. The molecule has 0 aliphatic carbocycles. The summed E-state index contributed by atoms with van der Waals surface area (Å²) in [6, 6.07) is 5.24. The van der Waals surface area contributed by atoms with Gasteiger partial charge >= 0.3 is 6.09 Å². The summed E-state index contributed by atoms with van der Waals surface area (Å²) < 4.78 is 16.1. The fourth-order valence-corrected chi connectivity index (χ4v) is 3.03. The Morgan fingerprint density at radius 3 is 3.00 bits per heavy atom. The zero-order valence-corrected chi connectivity index (χ0v) is 13.7. The minimum atomic E-state index is -0.439. The molecule has 3 rings (SSSR count). The van der Waals surface area contributed by atoms with Crippen LogP contribution in [0.1, 0.15) is 30.1 Å². The molecule has 0 aromatic heterocycles. The number of likely N-dealkylation sites (tertiary alicyclic amines) is 1. The van der Waals surface area contributed by atoms with Crippen LogP contribution in [-0.2, 0) is 4.74 Å². The fraction of sp³-hybridized carbons (Fsp3) is 0.529. The summed E-state index contributed by atoms with van der Waals surface area (Å²) in [6.07, 6.45) is 1.22. The Kier molecular flexibility index (Phi) is 5.08. The lowest BCUT2D eigenvalue weighted by molar-refractivity contribution is 0.0676. The number of amides is 2. The Morgan fingerprint density at radius 2 is 2.17 bits per heavy atom. The van der Waals surface area contributed by atoms with Gasteiger partial charge in [0.15, 0.2) is 11.5 Å². The molecule has 1 atom stereocenters. The maximum atomic E-state index is 12.9. The highest BCUT2D eigenvalue weighted by Gasteiger charge is 2.29. The number of nitrogens with one attached hydrogen (secondary N) is 1. The molecule has 1 N–H and O–H groups in total. The highest BCUT2D eigenvalue weighted by molar-refractivity contribution is 5.98. The first-order valence-corrected chi connectivity index (χ1v) is 8.30. The quantitative estimate of drug-likeness (QED) is 0.912. The van der Waals surface area contributed by atoms with Crippen LogP contribution >= 0.6 is 0 Å². The summed E-state index contributed by atoms with van der Waals surface area (Å²) in [5.41, 5.74) is 0.504. The molecule has 2 amide bonds. The summed E-state index contributed by atoms with van der Waals surface area (Å²) in [5.74, 6) is 1.01. The van der Waals surface area contributed by atoms with Crippen molar-refractivity contribution in [3.63, 3.8) is 0 Å². The number of hydrogen-bond acceptors (Lipinski definition) is 5. The molecule has 2 heterocycles. The lowest BCUT2D eigenvalue weighted by atomic mass is 10.0. The van der Waals surface area contributed by atoms with Gasteiger partial charge in [0.2, 0.25) is 0 Å². The Hall–Kier alpha value is -2.44. The van der Waals surface area contributed by atoms with E-state index in [1.54, 1.807) is 30.0 Å². The summed E-state index contributed by atoms with van der Waals surface area (Å²) in [5, 5.41) is 2.81. The monoisotopic (exact) mass is 334 g/mol. The van der Waals surface area contributed by atoms with Crippen LogP contribution in [0.3, 0.4) is 0 Å². The van der Waals surface area contributed by atoms with E-state index in [1.807, 2.05) is 0 Å². The van der Waals surface area contributed by atoms with Crippen molar-refractivity contribution in [2.24, 2.45) is 0 Å². The molecule has 2 aliphatic heterocycles. The van der Waals surface area contributed by atoms with Crippen molar-refractivity contribution in [2.45, 2.75) is 25.8 Å². The number of alkyl carbamates (subject to hydrolysis) is 1. The number of carbonyl (C=O) groups is 2. The van der Waals surface area contributed by atoms with Crippen molar-refractivity contribution >= 4 is 12.0 Å². The third kappa shape index (κ3) is 3.55. The molecule has 1 aromatic carbocycles. The molecule has 7 nitrogen and oxygen atoms in total. The van der Waals surface area contributed by atoms with E-state index >= 15 is 0 Å². The van der Waals surface area contributed by atoms with Crippen molar-refractivity contribution < 1.29 is 23.8 Å². The Balaban J connectivity index is 1.70. The van der Waals surface area contributed by atoms with Crippen LogP contribution in [0.25, 0.3) is 0 Å². The summed E-state index contributed by atoms with van der Waals surface area (Å²) >= 11 is 0. The van der Waals surface area contributed by atoms with Gasteiger partial charge in [-0.3, -0.25) is 4.79 Å². The summed E-state index contributed by atoms with van der Waals surface area (Å²) in [6.45, 7) is 4.13. The topological polar surface area (TPSA) is 77.1 Å². The zero-order chi connectivity index (χ0) is 16.9. The SMILES string of the molecule is CCOC(=O)N[C@H]1CCCN(C(=O)c2cccc3c2OCCO3)C1. The van der Waals surface area contributed by atoms with E-state index in [4.69, 9.17) is 14.2 Å². The first-order chi connectivity index (χ1) is 11.7. The maximum Gasteiger partial charge on any atom is 0.407 e. The van der Waals surface area contributed by atoms with Crippen molar-refractivity contribution in [2.75, 3.05) is 32.9 Å². The van der Waals surface area contributed by atoms with E-state index < -0.39 is 6.09 Å². The normalized spacial score (nSPS) is 19.5. The average molecular weight is 334 g/mol. The second-order valence-corrected chi connectivity index (χ2v) is 5.78. The molecule has 0 spiro atoms. The molecular formula is C17H22N2O5. The number of fused-ring (bicyclic) bond motifs is 1. The second-order valence-electron chi connectivity index (χ2n) is 5.78. The number of benzene rings is 1. The lowest BCUT2D eigenvalue weighted by Gasteiger charge is -2.33. The predicted molar refractivity (Wildman–Crippen MR) is 86.5 cm³/mol. The van der Waals surface area contributed by atoms with Gasteiger partial charge in [0.25, 0.3) is 5.91 Å². The number of nitrogens with zero attached hydrogens (tertiary/aromatic N) is 1. The molecule has 1 fully saturated rings. The van der Waals surface area contributed by atoms with E-state index in [1.165, 1.54) is 0 Å². The number of hydrogen-bond donors (Lipinski definition) is 1. The number of ether oxygens (including phenoxy) is 3. The first-order valence-electron chi connectivity index (χ1n) is 8.30. The van der Waals surface area contributed by atoms with Crippen LogP contribution in [0.2, 0.25) is 0 Å². The van der Waals surface area contributed by atoms with E-state index in [0.29, 0.717) is 50.0 Å². The summed E-state index contributed by atoms with van der Waals surface area (Å²) in [7, 11) is 0. The lowest BCUT2D eigenvalue weighted by Crippen LogP contribution is -2.49. The van der Waals surface area contributed by atoms with Crippen molar-refractivity contribution in [1.82, 2.24) is 10.2 Å². The molecule has 7 heteroatoms. The van der Waals surface area contributed by atoms with Crippen LogP contribution in [0.15, 0.2) is 18.2 Å². The number of piperidine rings is 1. The van der Waals surface area contributed by atoms with E-state index in [2.05, 4.69) is 5.32 Å². The molecular weight excluding hydrogens is 312 g/mol. The highest BCUT2D eigenvalue weighted by Crippen LogP contribution is 2.34. The smallest absolute Gasteiger partial charge is 0.407 e. The van der Waals surface area contributed by atoms with Gasteiger partial charge in [0, 0.05) is 19.1 Å². The Bertz CT molecular complexity index is 619. The fourth-order valence-electron chi connectivity index (χ4n) is 3.03. The highest BCUT2D eigenvalue weighted by atomic mass is 16.6. The Labute approximate surface area is 140 Å². The van der Waals surface area contributed by atoms with Crippen LogP contribution < -0.4 is 14.8 Å². The van der Waals surface area contributed by atoms with E-state index in [0.717, 1.165) is 12.8 Å². The van der Waals surface area contributed by atoms with Crippen molar-refractivity contribution in [3.05, 3.63) is 23.8 Å². The molecule has 0 unspecified atom stereocenters. The van der Waals surface area contributed by atoms with Gasteiger partial charge in [0.1, 0.15) is 13.2 Å². The van der Waals surface area contributed by atoms with Gasteiger partial charge in [0.05, 0.1) is 12.2 Å². The molecule has 0 saturated carbocycles. The van der Waals surface area contributed by atoms with Crippen LogP contribution in [0.4, 0.5) is 4.79 Å². The minimum absolute atomic E-state index is 0.0987. The molecule has 1 saturated heterocycles. The predicted octanol–water partition coefficient (Wildman–Crippen LogP) is 1.81. The van der Waals surface area contributed by atoms with Crippen LogP contribution in [0, 0.1) is 0 Å². The van der Waals surface area contributed by atoms with E-state index in [-0.39, 0.29) is 11.9 Å². The molecule has 0 bridgehead atoms. The molecule has 24 heavy (non-hydrogen) atoms. The minimum Gasteiger partial charge on any atom is -0.486 e. The third-order valence-corrected chi connectivity index (χ3v) is 4.10. The average Bonchev–Trinajstić information content (AvgIpc) is 2.61. The van der Waals surface area contributed by atoms with Gasteiger partial charge in [-0.05, 0) is 31.9 Å². The molecule has 1 aromatic rings. The Morgan fingerprint density at radius 1 is 1.33 bits per heavy atom. The number of carbonyl (C=O) groups excluding carboxylic acids is 2. The standard InChI is InChI=1S/C17H22N2O5/c1-2-22-17(21)18-12-5-4-8-19(11-12)16(20)13-6-3-7-14-15(13)24-10-9-23-14/h3,6-7,12H,2,4-5,8-11H2,1H3,(H,18,21)/t12-/m0/s1. The van der Waals surface area contributed by atoms with Crippen molar-refractivity contribution in [3.8, 4) is 11.5 Å². The largest absolute Gasteiger partial charge is 0.486 e. The number of para-hydroxylation sites is 1. The first kappa shape index (κ1) is 16.4. The van der Waals surface area contributed by atoms with Crippen molar-refractivity contribution in [1.29, 1.82) is 0 Å². The molecule has 130 valence electrons. The van der Waals surface area contributed by atoms with Crippen LogP contribution in [-0.4, -0.2) is 55.9 Å². The molecule has 2 aliphatic rings. The van der Waals surface area contributed by atoms with Gasteiger partial charge in [-0.1, -0.05) is 6.07 Å². The maximum absolute atomic E-state index is 12.9. The number of rotatable bonds is 3. The van der Waals surface area contributed by atoms with Gasteiger partial charge in [-0.25, -0.2) is 4.79 Å². The van der Waals surface area contributed by atoms with Gasteiger partial charge in [-0.15, -0.1) is 0 Å². The van der Waals surface area contributed by atoms with Crippen LogP contribution in [0.5, 0.6) is 11.5 Å². The summed E-state index contributed by atoms with van der Waals surface area (Å²) in [4.78, 5) is 26.2.